The number of phenols is 2. The van der Waals surface area contributed by atoms with Crippen LogP contribution in [-0.2, 0) is 22.4 Å². The minimum atomic E-state index is -0.545. The van der Waals surface area contributed by atoms with Crippen molar-refractivity contribution in [1.29, 1.82) is 0 Å². The normalized spacial score (nSPS) is 12.2. The highest BCUT2D eigenvalue weighted by atomic mass is 16.3. The molecule has 0 saturated heterocycles. The maximum absolute atomic E-state index is 13.1. The van der Waals surface area contributed by atoms with E-state index in [4.69, 9.17) is 0 Å². The van der Waals surface area contributed by atoms with Gasteiger partial charge in [-0.25, -0.2) is 0 Å². The lowest BCUT2D eigenvalue weighted by Crippen LogP contribution is -2.45. The van der Waals surface area contributed by atoms with Crippen molar-refractivity contribution in [2.45, 2.75) is 156 Å². The molecule has 0 aliphatic rings. The smallest absolute Gasteiger partial charge is 0.273 e. The molecule has 0 aliphatic heterocycles. The molecule has 4 amide bonds. The zero-order valence-electron chi connectivity index (χ0n) is 32.3. The van der Waals surface area contributed by atoms with Crippen LogP contribution >= 0.6 is 0 Å². The molecule has 290 valence electrons. The summed E-state index contributed by atoms with van der Waals surface area (Å²) in [5.41, 5.74) is 12.0. The highest BCUT2D eigenvalue weighted by molar-refractivity contribution is 6.00. The number of aromatic hydroxyl groups is 2. The van der Waals surface area contributed by atoms with Crippen molar-refractivity contribution in [3.05, 3.63) is 58.7 Å². The highest BCUT2D eigenvalue weighted by Crippen LogP contribution is 2.25. The Morgan fingerprint density at radius 1 is 0.519 bits per heavy atom. The van der Waals surface area contributed by atoms with Gasteiger partial charge in [-0.15, -0.1) is 0 Å². The first-order valence-corrected chi connectivity index (χ1v) is 20.0. The Balaban J connectivity index is 1.80. The van der Waals surface area contributed by atoms with Crippen molar-refractivity contribution in [3.8, 4) is 11.5 Å². The average molecular weight is 723 g/mol. The summed E-state index contributed by atoms with van der Waals surface area (Å²) >= 11 is 0. The van der Waals surface area contributed by atoms with Crippen LogP contribution in [0.2, 0.25) is 0 Å². The van der Waals surface area contributed by atoms with Crippen LogP contribution in [0.1, 0.15) is 175 Å². The topological polar surface area (TPSA) is 157 Å². The van der Waals surface area contributed by atoms with Crippen molar-refractivity contribution in [3.63, 3.8) is 0 Å². The van der Waals surface area contributed by atoms with Crippen LogP contribution in [0.25, 0.3) is 0 Å². The molecule has 10 heteroatoms. The van der Waals surface area contributed by atoms with Gasteiger partial charge in [0.25, 0.3) is 11.8 Å². The van der Waals surface area contributed by atoms with Crippen LogP contribution in [0, 0.1) is 11.8 Å². The zero-order chi connectivity index (χ0) is 38.1. The van der Waals surface area contributed by atoms with Crippen molar-refractivity contribution in [1.82, 2.24) is 21.7 Å². The summed E-state index contributed by atoms with van der Waals surface area (Å²) in [7, 11) is 0. The molecule has 2 unspecified atom stereocenters. The van der Waals surface area contributed by atoms with E-state index in [9.17, 15) is 29.4 Å². The Hall–Kier alpha value is -4.08. The molecule has 0 aromatic heterocycles. The van der Waals surface area contributed by atoms with Gasteiger partial charge in [-0.3, -0.25) is 40.9 Å². The average Bonchev–Trinajstić information content (AvgIpc) is 3.13. The number of rotatable bonds is 25. The van der Waals surface area contributed by atoms with E-state index in [1.54, 1.807) is 19.1 Å². The number of aryl methyl sites for hydroxylation is 2. The Labute approximate surface area is 312 Å². The summed E-state index contributed by atoms with van der Waals surface area (Å²) in [4.78, 5) is 51.9. The second-order valence-corrected chi connectivity index (χ2v) is 14.2. The minimum Gasteiger partial charge on any atom is -0.507 e. The van der Waals surface area contributed by atoms with Gasteiger partial charge in [-0.2, -0.15) is 0 Å². The Kier molecular flexibility index (Phi) is 21.9. The van der Waals surface area contributed by atoms with Crippen LogP contribution in [0.4, 0.5) is 0 Å². The number of hydrazine groups is 2. The standard InChI is InChI=1S/C42H66N4O6/c1-5-8-10-12-14-16-24-32-27-20-29-35(47)37(32)41(51)45-43-39(49)31(4)23-18-19-26-34(22-7-3)40(50)44-46-42(52)38-33(28-21-30-36(38)48)25-17-15-13-11-9-6-2/h20-21,27-31,34,47-48H,5-19,22-26H2,1-4H3,(H,43,49)(H,44,50)(H,45,51)(H,46,52). The maximum atomic E-state index is 13.1. The predicted molar refractivity (Wildman–Crippen MR) is 208 cm³/mol. The number of amides is 4. The highest BCUT2D eigenvalue weighted by Gasteiger charge is 2.22. The van der Waals surface area contributed by atoms with Crippen LogP contribution in [-0.4, -0.2) is 33.8 Å². The number of carbonyl (C=O) groups excluding carboxylic acids is 4. The maximum Gasteiger partial charge on any atom is 0.273 e. The van der Waals surface area contributed by atoms with E-state index in [0.717, 1.165) is 56.1 Å². The molecule has 0 radical (unpaired) electrons. The van der Waals surface area contributed by atoms with E-state index >= 15 is 0 Å². The second kappa shape index (κ2) is 25.8. The van der Waals surface area contributed by atoms with Gasteiger partial charge in [-0.1, -0.05) is 135 Å². The fourth-order valence-corrected chi connectivity index (χ4v) is 6.62. The second-order valence-electron chi connectivity index (χ2n) is 14.2. The van der Waals surface area contributed by atoms with Crippen molar-refractivity contribution in [2.24, 2.45) is 11.8 Å². The van der Waals surface area contributed by atoms with Crippen LogP contribution in [0.3, 0.4) is 0 Å². The molecule has 2 aromatic rings. The summed E-state index contributed by atoms with van der Waals surface area (Å²) in [6.07, 6.45) is 18.8. The molecule has 0 heterocycles. The quantitative estimate of drug-likeness (QED) is 0.0445. The van der Waals surface area contributed by atoms with E-state index in [1.807, 2.05) is 19.1 Å². The van der Waals surface area contributed by atoms with Crippen LogP contribution in [0.5, 0.6) is 11.5 Å². The zero-order valence-corrected chi connectivity index (χ0v) is 32.3. The lowest BCUT2D eigenvalue weighted by atomic mass is 9.94. The Bertz CT molecular complexity index is 1380. The third-order valence-electron chi connectivity index (χ3n) is 9.80. The molecule has 2 aromatic carbocycles. The van der Waals surface area contributed by atoms with Crippen molar-refractivity contribution in [2.75, 3.05) is 0 Å². The Morgan fingerprint density at radius 2 is 0.962 bits per heavy atom. The van der Waals surface area contributed by atoms with E-state index < -0.39 is 11.8 Å². The first-order valence-electron chi connectivity index (χ1n) is 20.0. The molecule has 0 spiro atoms. The van der Waals surface area contributed by atoms with Crippen LogP contribution in [0.15, 0.2) is 36.4 Å². The molecule has 0 fully saturated rings. The number of nitrogens with one attached hydrogen (secondary N) is 4. The van der Waals surface area contributed by atoms with E-state index in [0.29, 0.717) is 44.9 Å². The SMILES string of the molecule is CCCCCCCCc1cccc(O)c1C(=O)NNC(=O)C(C)CCCCC(CCC)C(=O)NNC(=O)c1c(O)cccc1CCCCCCCC. The summed E-state index contributed by atoms with van der Waals surface area (Å²) in [5, 5.41) is 20.9. The van der Waals surface area contributed by atoms with Gasteiger partial charge in [0.2, 0.25) is 11.8 Å². The monoisotopic (exact) mass is 722 g/mol. The molecule has 52 heavy (non-hydrogen) atoms. The Morgan fingerprint density at radius 3 is 1.44 bits per heavy atom. The van der Waals surface area contributed by atoms with Gasteiger partial charge in [0.1, 0.15) is 11.5 Å². The van der Waals surface area contributed by atoms with Gasteiger partial charge in [-0.05, 0) is 68.2 Å². The molecule has 0 saturated carbocycles. The van der Waals surface area contributed by atoms with Gasteiger partial charge in [0, 0.05) is 11.8 Å². The fraction of sp³-hybridized carbons (Fsp3) is 0.619. The predicted octanol–water partition coefficient (Wildman–Crippen LogP) is 8.74. The first kappa shape index (κ1) is 44.1. The third kappa shape index (κ3) is 16.1. The van der Waals surface area contributed by atoms with E-state index in [-0.39, 0.29) is 46.3 Å². The number of unbranched alkanes of at least 4 members (excludes halogenated alkanes) is 11. The number of benzene rings is 2. The van der Waals surface area contributed by atoms with Gasteiger partial charge >= 0.3 is 0 Å². The minimum absolute atomic E-state index is 0.107. The number of hydrogen-bond acceptors (Lipinski definition) is 6. The molecule has 6 N–H and O–H groups in total. The molecule has 0 aliphatic carbocycles. The lowest BCUT2D eigenvalue weighted by Gasteiger charge is -2.18. The molecular formula is C42H66N4O6. The number of phenolic OH excluding ortho intramolecular Hbond substituents is 2. The van der Waals surface area contributed by atoms with Crippen molar-refractivity contribution >= 4 is 23.6 Å². The van der Waals surface area contributed by atoms with E-state index in [1.165, 1.54) is 50.7 Å². The molecule has 10 nitrogen and oxygen atoms in total. The molecule has 2 atom stereocenters. The van der Waals surface area contributed by atoms with Gasteiger partial charge in [0.05, 0.1) is 11.1 Å². The van der Waals surface area contributed by atoms with E-state index in [2.05, 4.69) is 35.6 Å². The van der Waals surface area contributed by atoms with Gasteiger partial charge in [0.15, 0.2) is 0 Å². The third-order valence-corrected chi connectivity index (χ3v) is 9.80. The summed E-state index contributed by atoms with van der Waals surface area (Å²) in [6.45, 7) is 8.16. The summed E-state index contributed by atoms with van der Waals surface area (Å²) in [6, 6.07) is 10.1. The number of carbonyl (C=O) groups is 4. The van der Waals surface area contributed by atoms with Gasteiger partial charge < -0.3 is 10.2 Å². The lowest BCUT2D eigenvalue weighted by molar-refractivity contribution is -0.127. The van der Waals surface area contributed by atoms with Crippen molar-refractivity contribution < 1.29 is 29.4 Å². The number of hydrogen-bond donors (Lipinski definition) is 6. The molecular weight excluding hydrogens is 656 g/mol. The summed E-state index contributed by atoms with van der Waals surface area (Å²) in [5.74, 6) is -2.60. The summed E-state index contributed by atoms with van der Waals surface area (Å²) < 4.78 is 0. The van der Waals surface area contributed by atoms with Crippen LogP contribution < -0.4 is 21.7 Å². The molecule has 2 rings (SSSR count). The molecule has 0 bridgehead atoms. The first-order chi connectivity index (χ1) is 25.1. The fourth-order valence-electron chi connectivity index (χ4n) is 6.62. The largest absolute Gasteiger partial charge is 0.507 e.